The molecule has 0 saturated heterocycles. The van der Waals surface area contributed by atoms with Crippen LogP contribution in [-0.2, 0) is 26.0 Å². The minimum Gasteiger partial charge on any atom is -0.497 e. The van der Waals surface area contributed by atoms with Crippen molar-refractivity contribution in [1.82, 2.24) is 10.2 Å². The molecule has 0 aromatic heterocycles. The normalized spacial score (nSPS) is 12.0. The maximum Gasteiger partial charge on any atom is 0.264 e. The lowest BCUT2D eigenvalue weighted by Crippen LogP contribution is -2.52. The van der Waals surface area contributed by atoms with Gasteiger partial charge in [0.2, 0.25) is 11.8 Å². The number of sulfonamides is 1. The highest BCUT2D eigenvalue weighted by molar-refractivity contribution is 7.92. The van der Waals surface area contributed by atoms with E-state index in [0.717, 1.165) is 15.4 Å². The van der Waals surface area contributed by atoms with Gasteiger partial charge in [-0.3, -0.25) is 13.9 Å². The summed E-state index contributed by atoms with van der Waals surface area (Å²) in [5.74, 6) is 0.0311. The Balaban J connectivity index is 2.05. The summed E-state index contributed by atoms with van der Waals surface area (Å²) in [5.41, 5.74) is 2.03. The lowest BCUT2D eigenvalue weighted by atomic mass is 10.1. The molecular formula is C32H41N3O6S. The number of ether oxygens (including phenoxy) is 2. The third kappa shape index (κ3) is 8.25. The highest BCUT2D eigenvalue weighted by atomic mass is 32.2. The smallest absolute Gasteiger partial charge is 0.264 e. The zero-order valence-electron chi connectivity index (χ0n) is 25.2. The van der Waals surface area contributed by atoms with Crippen molar-refractivity contribution in [2.24, 2.45) is 5.92 Å². The van der Waals surface area contributed by atoms with Gasteiger partial charge in [0.15, 0.2) is 0 Å². The lowest BCUT2D eigenvalue weighted by Gasteiger charge is -2.32. The summed E-state index contributed by atoms with van der Waals surface area (Å²) in [7, 11) is -1.34. The van der Waals surface area contributed by atoms with E-state index in [-0.39, 0.29) is 34.7 Å². The molecule has 0 aliphatic heterocycles. The van der Waals surface area contributed by atoms with E-state index < -0.39 is 28.5 Å². The fourth-order valence-electron chi connectivity index (χ4n) is 4.36. The molecule has 3 aromatic carbocycles. The van der Waals surface area contributed by atoms with E-state index in [4.69, 9.17) is 9.47 Å². The lowest BCUT2D eigenvalue weighted by molar-refractivity contribution is -0.138. The van der Waals surface area contributed by atoms with Crippen LogP contribution in [0.15, 0.2) is 77.7 Å². The summed E-state index contributed by atoms with van der Waals surface area (Å²) in [5, 5.41) is 2.89. The van der Waals surface area contributed by atoms with E-state index >= 15 is 0 Å². The summed E-state index contributed by atoms with van der Waals surface area (Å²) in [4.78, 5) is 28.7. The van der Waals surface area contributed by atoms with E-state index in [1.165, 1.54) is 37.3 Å². The van der Waals surface area contributed by atoms with E-state index in [1.807, 2.05) is 51.1 Å². The Labute approximate surface area is 249 Å². The van der Waals surface area contributed by atoms with Gasteiger partial charge in [0.1, 0.15) is 24.1 Å². The number of carbonyl (C=O) groups is 2. The van der Waals surface area contributed by atoms with Crippen molar-refractivity contribution in [3.8, 4) is 11.5 Å². The van der Waals surface area contributed by atoms with Gasteiger partial charge in [-0.15, -0.1) is 0 Å². The molecule has 0 spiro atoms. The number of aryl methyl sites for hydroxylation is 1. The number of hydrogen-bond acceptors (Lipinski definition) is 6. The summed E-state index contributed by atoms with van der Waals surface area (Å²) in [6.45, 7) is 7.60. The molecule has 0 radical (unpaired) electrons. The standard InChI is InChI=1S/C32H41N3O6S/c1-23(2)21-33-32(37)25(4)34(19-18-26-10-8-7-9-11-26)31(36)22-35(29-20-27(40-5)14-17-30(29)41-6)42(38,39)28-15-12-24(3)13-16-28/h7-17,20,23,25H,18-19,21-22H2,1-6H3,(H,33,37)/t25-/m0/s1. The van der Waals surface area contributed by atoms with Gasteiger partial charge in [-0.1, -0.05) is 61.9 Å². The van der Waals surface area contributed by atoms with Crippen LogP contribution in [0.1, 0.15) is 31.9 Å². The molecule has 10 heteroatoms. The van der Waals surface area contributed by atoms with Crippen LogP contribution in [0.5, 0.6) is 11.5 Å². The average Bonchev–Trinajstić information content (AvgIpc) is 2.98. The van der Waals surface area contributed by atoms with Crippen molar-refractivity contribution in [2.45, 2.75) is 45.1 Å². The van der Waals surface area contributed by atoms with E-state index in [2.05, 4.69) is 5.32 Å². The molecule has 0 bridgehead atoms. The SMILES string of the molecule is COc1ccc(OC)c(N(CC(=O)N(CCc2ccccc2)[C@@H](C)C(=O)NCC(C)C)S(=O)(=O)c2ccc(C)cc2)c1. The predicted molar refractivity (Wildman–Crippen MR) is 164 cm³/mol. The van der Waals surface area contributed by atoms with Crippen LogP contribution in [-0.4, -0.2) is 65.0 Å². The van der Waals surface area contributed by atoms with Gasteiger partial charge in [0.25, 0.3) is 10.0 Å². The van der Waals surface area contributed by atoms with E-state index in [0.29, 0.717) is 18.7 Å². The molecule has 42 heavy (non-hydrogen) atoms. The van der Waals surface area contributed by atoms with Gasteiger partial charge < -0.3 is 19.7 Å². The van der Waals surface area contributed by atoms with Crippen molar-refractivity contribution in [3.63, 3.8) is 0 Å². The first-order chi connectivity index (χ1) is 20.0. The Morgan fingerprint density at radius 1 is 0.905 bits per heavy atom. The van der Waals surface area contributed by atoms with Crippen molar-refractivity contribution < 1.29 is 27.5 Å². The molecule has 0 aliphatic carbocycles. The molecular weight excluding hydrogens is 554 g/mol. The second-order valence-electron chi connectivity index (χ2n) is 10.5. The summed E-state index contributed by atoms with van der Waals surface area (Å²) in [6.07, 6.45) is 0.488. The molecule has 1 atom stereocenters. The Kier molecular flexibility index (Phi) is 11.4. The third-order valence-corrected chi connectivity index (χ3v) is 8.65. The number of methoxy groups -OCH3 is 2. The van der Waals surface area contributed by atoms with Crippen LogP contribution in [0, 0.1) is 12.8 Å². The Bertz CT molecular complexity index is 1440. The first-order valence-corrected chi connectivity index (χ1v) is 15.3. The zero-order valence-corrected chi connectivity index (χ0v) is 26.0. The van der Waals surface area contributed by atoms with Crippen molar-refractivity contribution >= 4 is 27.5 Å². The van der Waals surface area contributed by atoms with Crippen molar-refractivity contribution in [2.75, 3.05) is 38.2 Å². The van der Waals surface area contributed by atoms with Gasteiger partial charge in [0, 0.05) is 19.2 Å². The number of benzene rings is 3. The first-order valence-electron chi connectivity index (χ1n) is 13.9. The molecule has 0 heterocycles. The van der Waals surface area contributed by atoms with Crippen LogP contribution < -0.4 is 19.1 Å². The van der Waals surface area contributed by atoms with Crippen LogP contribution in [0.2, 0.25) is 0 Å². The highest BCUT2D eigenvalue weighted by Gasteiger charge is 2.34. The van der Waals surface area contributed by atoms with Crippen LogP contribution in [0.25, 0.3) is 0 Å². The fraction of sp³-hybridized carbons (Fsp3) is 0.375. The van der Waals surface area contributed by atoms with Crippen molar-refractivity contribution in [3.05, 3.63) is 83.9 Å². The van der Waals surface area contributed by atoms with Gasteiger partial charge in [-0.2, -0.15) is 0 Å². The molecule has 9 nitrogen and oxygen atoms in total. The number of amides is 2. The van der Waals surface area contributed by atoms with Gasteiger partial charge in [-0.25, -0.2) is 8.42 Å². The number of rotatable bonds is 14. The first kappa shape index (κ1) is 32.5. The molecule has 0 fully saturated rings. The Morgan fingerprint density at radius 2 is 1.57 bits per heavy atom. The Hall–Kier alpha value is -4.05. The van der Waals surface area contributed by atoms with Gasteiger partial charge in [0.05, 0.1) is 24.8 Å². The summed E-state index contributed by atoms with van der Waals surface area (Å²) >= 11 is 0. The predicted octanol–water partition coefficient (Wildman–Crippen LogP) is 4.44. The zero-order chi connectivity index (χ0) is 30.9. The molecule has 3 rings (SSSR count). The maximum atomic E-state index is 14.1. The van der Waals surface area contributed by atoms with Crippen LogP contribution in [0.3, 0.4) is 0 Å². The van der Waals surface area contributed by atoms with Gasteiger partial charge >= 0.3 is 0 Å². The number of carbonyl (C=O) groups excluding carboxylic acids is 2. The average molecular weight is 596 g/mol. The largest absolute Gasteiger partial charge is 0.497 e. The molecule has 0 unspecified atom stereocenters. The molecule has 0 aliphatic rings. The summed E-state index contributed by atoms with van der Waals surface area (Å²) < 4.78 is 40.1. The second kappa shape index (κ2) is 14.7. The number of anilines is 1. The second-order valence-corrected chi connectivity index (χ2v) is 12.4. The molecule has 0 saturated carbocycles. The maximum absolute atomic E-state index is 14.1. The highest BCUT2D eigenvalue weighted by Crippen LogP contribution is 2.36. The van der Waals surface area contributed by atoms with Crippen LogP contribution >= 0.6 is 0 Å². The van der Waals surface area contributed by atoms with Crippen LogP contribution in [0.4, 0.5) is 5.69 Å². The molecule has 3 aromatic rings. The summed E-state index contributed by atoms with van der Waals surface area (Å²) in [6, 6.07) is 19.9. The molecule has 1 N–H and O–H groups in total. The monoisotopic (exact) mass is 595 g/mol. The third-order valence-electron chi connectivity index (χ3n) is 6.88. The molecule has 2 amide bonds. The van der Waals surface area contributed by atoms with E-state index in [9.17, 15) is 18.0 Å². The molecule has 226 valence electrons. The Morgan fingerprint density at radius 3 is 2.17 bits per heavy atom. The quantitative estimate of drug-likeness (QED) is 0.296. The number of hydrogen-bond donors (Lipinski definition) is 1. The minimum absolute atomic E-state index is 0.0179. The minimum atomic E-state index is -4.24. The van der Waals surface area contributed by atoms with Gasteiger partial charge in [-0.05, 0) is 56.0 Å². The fourth-order valence-corrected chi connectivity index (χ4v) is 5.78. The topological polar surface area (TPSA) is 105 Å². The number of nitrogens with one attached hydrogen (secondary N) is 1. The number of nitrogens with zero attached hydrogens (tertiary/aromatic N) is 2. The van der Waals surface area contributed by atoms with E-state index in [1.54, 1.807) is 31.2 Å². The van der Waals surface area contributed by atoms with Crippen molar-refractivity contribution in [1.29, 1.82) is 0 Å².